The summed E-state index contributed by atoms with van der Waals surface area (Å²) in [6.45, 7) is 4.73. The zero-order valence-corrected chi connectivity index (χ0v) is 16.5. The minimum Gasteiger partial charge on any atom is -0.367 e. The molecule has 1 amide bonds. The number of Topliss-reactive ketones (excluding diaryl/α,β-unsaturated/α-hetero) is 1. The Morgan fingerprint density at radius 2 is 1.69 bits per heavy atom. The molecule has 1 aliphatic rings. The lowest BCUT2D eigenvalue weighted by Gasteiger charge is -2.35. The van der Waals surface area contributed by atoms with Crippen molar-refractivity contribution in [3.8, 4) is 0 Å². The molecule has 1 fully saturated rings. The Hall–Kier alpha value is -2.80. The van der Waals surface area contributed by atoms with E-state index in [9.17, 15) is 18.4 Å². The molecule has 0 aromatic heterocycles. The standard InChI is InChI=1S/C22H25F2N3O2/c1-16(28)18-4-7-21(20(24)14-18)27-12-10-26(11-13-27)15-22(29)25-9-8-17-2-5-19(23)6-3-17/h2-7,14H,8-13,15H2,1H3,(H,25,29). The van der Waals surface area contributed by atoms with E-state index in [-0.39, 0.29) is 17.5 Å². The van der Waals surface area contributed by atoms with Crippen LogP contribution in [-0.2, 0) is 11.2 Å². The summed E-state index contributed by atoms with van der Waals surface area (Å²) in [6, 6.07) is 10.8. The molecule has 29 heavy (non-hydrogen) atoms. The van der Waals surface area contributed by atoms with Crippen molar-refractivity contribution in [1.29, 1.82) is 0 Å². The molecule has 3 rings (SSSR count). The fourth-order valence-corrected chi connectivity index (χ4v) is 3.39. The van der Waals surface area contributed by atoms with Crippen LogP contribution in [0.5, 0.6) is 0 Å². The van der Waals surface area contributed by atoms with Crippen LogP contribution in [-0.4, -0.2) is 55.9 Å². The van der Waals surface area contributed by atoms with Gasteiger partial charge in [0.1, 0.15) is 11.6 Å². The third kappa shape index (κ3) is 5.84. The van der Waals surface area contributed by atoms with Gasteiger partial charge in [0, 0.05) is 38.3 Å². The van der Waals surface area contributed by atoms with Crippen molar-refractivity contribution >= 4 is 17.4 Å². The van der Waals surface area contributed by atoms with Crippen LogP contribution in [0.15, 0.2) is 42.5 Å². The van der Waals surface area contributed by atoms with Crippen LogP contribution in [0.4, 0.5) is 14.5 Å². The maximum absolute atomic E-state index is 14.3. The van der Waals surface area contributed by atoms with Crippen LogP contribution in [0.2, 0.25) is 0 Å². The van der Waals surface area contributed by atoms with Gasteiger partial charge in [0.15, 0.2) is 5.78 Å². The molecule has 7 heteroatoms. The lowest BCUT2D eigenvalue weighted by Crippen LogP contribution is -2.49. The Kier molecular flexibility index (Phi) is 6.93. The van der Waals surface area contributed by atoms with Crippen LogP contribution in [0.1, 0.15) is 22.8 Å². The summed E-state index contributed by atoms with van der Waals surface area (Å²) >= 11 is 0. The molecule has 0 radical (unpaired) electrons. The van der Waals surface area contributed by atoms with Gasteiger partial charge in [-0.3, -0.25) is 14.5 Å². The van der Waals surface area contributed by atoms with Crippen LogP contribution in [0, 0.1) is 11.6 Å². The topological polar surface area (TPSA) is 52.7 Å². The highest BCUT2D eigenvalue weighted by Gasteiger charge is 2.21. The Morgan fingerprint density at radius 1 is 1.00 bits per heavy atom. The summed E-state index contributed by atoms with van der Waals surface area (Å²) in [5, 5.41) is 2.88. The SMILES string of the molecule is CC(=O)c1ccc(N2CCN(CC(=O)NCCc3ccc(F)cc3)CC2)c(F)c1. The molecule has 0 saturated carbocycles. The quantitative estimate of drug-likeness (QED) is 0.725. The van der Waals surface area contributed by atoms with E-state index >= 15 is 0 Å². The molecule has 0 bridgehead atoms. The molecule has 1 heterocycles. The van der Waals surface area contributed by atoms with Crippen LogP contribution in [0.25, 0.3) is 0 Å². The van der Waals surface area contributed by atoms with Gasteiger partial charge in [-0.15, -0.1) is 0 Å². The number of piperazine rings is 1. The van der Waals surface area contributed by atoms with Gasteiger partial charge in [-0.25, -0.2) is 8.78 Å². The Bertz CT molecular complexity index is 863. The first kappa shape index (κ1) is 20.9. The van der Waals surface area contributed by atoms with Crippen molar-refractivity contribution in [2.24, 2.45) is 0 Å². The number of halogens is 2. The summed E-state index contributed by atoms with van der Waals surface area (Å²) in [6.07, 6.45) is 0.648. The van der Waals surface area contributed by atoms with Crippen molar-refractivity contribution in [3.05, 3.63) is 65.2 Å². The first-order chi connectivity index (χ1) is 13.9. The van der Waals surface area contributed by atoms with Gasteiger partial charge in [-0.05, 0) is 49.2 Å². The molecule has 0 atom stereocenters. The highest BCUT2D eigenvalue weighted by Crippen LogP contribution is 2.22. The second-order valence-electron chi connectivity index (χ2n) is 7.21. The fourth-order valence-electron chi connectivity index (χ4n) is 3.39. The molecule has 0 spiro atoms. The van der Waals surface area contributed by atoms with Crippen LogP contribution in [0.3, 0.4) is 0 Å². The second kappa shape index (κ2) is 9.60. The fraction of sp³-hybridized carbons (Fsp3) is 0.364. The molecule has 0 aliphatic carbocycles. The van der Waals surface area contributed by atoms with Crippen LogP contribution >= 0.6 is 0 Å². The van der Waals surface area contributed by atoms with Crippen LogP contribution < -0.4 is 10.2 Å². The van der Waals surface area contributed by atoms with E-state index in [2.05, 4.69) is 5.32 Å². The largest absolute Gasteiger partial charge is 0.367 e. The molecule has 5 nitrogen and oxygen atoms in total. The first-order valence-corrected chi connectivity index (χ1v) is 9.71. The van der Waals surface area contributed by atoms with E-state index in [0.717, 1.165) is 5.56 Å². The molecule has 1 saturated heterocycles. The average Bonchev–Trinajstić information content (AvgIpc) is 2.70. The number of hydrogen-bond donors (Lipinski definition) is 1. The Labute approximate surface area is 169 Å². The lowest BCUT2D eigenvalue weighted by molar-refractivity contribution is -0.122. The zero-order valence-electron chi connectivity index (χ0n) is 16.5. The number of nitrogens with zero attached hydrogens (tertiary/aromatic N) is 2. The number of ketones is 1. The number of rotatable bonds is 7. The third-order valence-electron chi connectivity index (χ3n) is 5.08. The van der Waals surface area contributed by atoms with Gasteiger partial charge in [0.2, 0.25) is 5.91 Å². The maximum atomic E-state index is 14.3. The van der Waals surface area contributed by atoms with Gasteiger partial charge in [0.25, 0.3) is 0 Å². The minimum absolute atomic E-state index is 0.0578. The predicted molar refractivity (Wildman–Crippen MR) is 108 cm³/mol. The number of carbonyl (C=O) groups is 2. The van der Waals surface area contributed by atoms with Crippen molar-refractivity contribution in [1.82, 2.24) is 10.2 Å². The maximum Gasteiger partial charge on any atom is 0.234 e. The summed E-state index contributed by atoms with van der Waals surface area (Å²) in [5.41, 5.74) is 1.82. The molecule has 1 aliphatic heterocycles. The van der Waals surface area contributed by atoms with Crippen molar-refractivity contribution < 1.29 is 18.4 Å². The summed E-state index contributed by atoms with van der Waals surface area (Å²) < 4.78 is 27.2. The monoisotopic (exact) mass is 401 g/mol. The predicted octanol–water partition coefficient (Wildman–Crippen LogP) is 2.65. The van der Waals surface area contributed by atoms with Gasteiger partial charge in [-0.1, -0.05) is 12.1 Å². The molecule has 1 N–H and O–H groups in total. The average molecular weight is 401 g/mol. The summed E-state index contributed by atoms with van der Waals surface area (Å²) in [4.78, 5) is 27.5. The number of hydrogen-bond acceptors (Lipinski definition) is 4. The number of nitrogens with one attached hydrogen (secondary N) is 1. The van der Waals surface area contributed by atoms with E-state index in [1.165, 1.54) is 25.1 Å². The van der Waals surface area contributed by atoms with Crippen molar-refractivity contribution in [2.75, 3.05) is 44.2 Å². The van der Waals surface area contributed by atoms with E-state index in [1.807, 2.05) is 9.80 Å². The Balaban J connectivity index is 1.41. The molecule has 154 valence electrons. The molecular formula is C22H25F2N3O2. The molecular weight excluding hydrogens is 376 g/mol. The summed E-state index contributed by atoms with van der Waals surface area (Å²) in [7, 11) is 0. The zero-order chi connectivity index (χ0) is 20.8. The van der Waals surface area contributed by atoms with Gasteiger partial charge >= 0.3 is 0 Å². The Morgan fingerprint density at radius 3 is 2.31 bits per heavy atom. The van der Waals surface area contributed by atoms with E-state index in [0.29, 0.717) is 56.9 Å². The normalized spacial score (nSPS) is 14.7. The number of amides is 1. The van der Waals surface area contributed by atoms with E-state index in [1.54, 1.807) is 24.3 Å². The van der Waals surface area contributed by atoms with Crippen molar-refractivity contribution in [2.45, 2.75) is 13.3 Å². The van der Waals surface area contributed by atoms with E-state index in [4.69, 9.17) is 0 Å². The smallest absolute Gasteiger partial charge is 0.234 e. The highest BCUT2D eigenvalue weighted by atomic mass is 19.1. The number of carbonyl (C=O) groups excluding carboxylic acids is 2. The van der Waals surface area contributed by atoms with Gasteiger partial charge in [0.05, 0.1) is 12.2 Å². The van der Waals surface area contributed by atoms with Crippen molar-refractivity contribution in [3.63, 3.8) is 0 Å². The molecule has 0 unspecified atom stereocenters. The van der Waals surface area contributed by atoms with Gasteiger partial charge < -0.3 is 10.2 Å². The van der Waals surface area contributed by atoms with E-state index < -0.39 is 5.82 Å². The number of anilines is 1. The lowest BCUT2D eigenvalue weighted by atomic mass is 10.1. The molecule has 2 aromatic rings. The minimum atomic E-state index is -0.398. The third-order valence-corrected chi connectivity index (χ3v) is 5.08. The number of benzene rings is 2. The van der Waals surface area contributed by atoms with Gasteiger partial charge in [-0.2, -0.15) is 0 Å². The molecule has 2 aromatic carbocycles. The second-order valence-corrected chi connectivity index (χ2v) is 7.21. The first-order valence-electron chi connectivity index (χ1n) is 9.71. The highest BCUT2D eigenvalue weighted by molar-refractivity contribution is 5.94. The summed E-state index contributed by atoms with van der Waals surface area (Å²) in [5.74, 6) is -0.889.